The molecule has 0 aliphatic carbocycles. The quantitative estimate of drug-likeness (QED) is 0.457. The molecule has 2 nitrogen and oxygen atoms in total. The molecule has 0 saturated carbocycles. The zero-order valence-corrected chi connectivity index (χ0v) is 7.09. The van der Waals surface area contributed by atoms with E-state index in [-0.39, 0.29) is 11.9 Å². The maximum absolute atomic E-state index is 10.9. The summed E-state index contributed by atoms with van der Waals surface area (Å²) in [6, 6.07) is 0. The van der Waals surface area contributed by atoms with E-state index in [0.717, 1.165) is 5.57 Å². The number of carbonyl (C=O) groups is 1. The Kier molecular flexibility index (Phi) is 4.27. The minimum atomic E-state index is -0.247. The summed E-state index contributed by atoms with van der Waals surface area (Å²) in [6.45, 7) is 11.0. The van der Waals surface area contributed by atoms with Crippen LogP contribution in [0.4, 0.5) is 0 Å². The molecule has 0 aliphatic rings. The summed E-state index contributed by atoms with van der Waals surface area (Å²) in [6.07, 6.45) is 1.56. The van der Waals surface area contributed by atoms with Crippen LogP contribution in [0.15, 0.2) is 24.8 Å². The first-order chi connectivity index (χ1) is 5.07. The molecule has 0 spiro atoms. The smallest absolute Gasteiger partial charge is 0.312 e. The lowest BCUT2D eigenvalue weighted by molar-refractivity contribution is -0.145. The second-order valence-electron chi connectivity index (χ2n) is 2.59. The van der Waals surface area contributed by atoms with Crippen LogP contribution in [0.5, 0.6) is 0 Å². The Bertz CT molecular complexity index is 170. The van der Waals surface area contributed by atoms with Gasteiger partial charge < -0.3 is 4.74 Å². The lowest BCUT2D eigenvalue weighted by Gasteiger charge is -2.06. The molecule has 0 fully saturated rings. The summed E-state index contributed by atoms with van der Waals surface area (Å²) in [5, 5.41) is 0. The molecule has 0 rings (SSSR count). The highest BCUT2D eigenvalue weighted by Crippen LogP contribution is 2.00. The van der Waals surface area contributed by atoms with Crippen LogP contribution in [-0.4, -0.2) is 12.6 Å². The second kappa shape index (κ2) is 4.72. The molecule has 2 heteroatoms. The highest BCUT2D eigenvalue weighted by molar-refractivity contribution is 5.73. The van der Waals surface area contributed by atoms with Gasteiger partial charge in [0.25, 0.3) is 0 Å². The summed E-state index contributed by atoms with van der Waals surface area (Å²) in [5.41, 5.74) is 0.842. The van der Waals surface area contributed by atoms with E-state index in [1.807, 2.05) is 6.92 Å². The van der Waals surface area contributed by atoms with Gasteiger partial charge in [-0.25, -0.2) is 0 Å². The Morgan fingerprint density at radius 1 is 1.73 bits per heavy atom. The van der Waals surface area contributed by atoms with Crippen LogP contribution in [0.25, 0.3) is 0 Å². The molecule has 0 aliphatic heterocycles. The van der Waals surface area contributed by atoms with Crippen LogP contribution in [-0.2, 0) is 9.53 Å². The Morgan fingerprint density at radius 2 is 2.27 bits per heavy atom. The van der Waals surface area contributed by atoms with E-state index in [2.05, 4.69) is 13.2 Å². The zero-order valence-electron chi connectivity index (χ0n) is 7.09. The molecule has 0 aromatic heterocycles. The van der Waals surface area contributed by atoms with E-state index in [4.69, 9.17) is 4.74 Å². The first-order valence-electron chi connectivity index (χ1n) is 3.51. The van der Waals surface area contributed by atoms with Gasteiger partial charge in [-0.15, -0.1) is 6.58 Å². The van der Waals surface area contributed by atoms with Crippen LogP contribution in [0.2, 0.25) is 0 Å². The van der Waals surface area contributed by atoms with Gasteiger partial charge in [-0.2, -0.15) is 0 Å². The molecule has 0 heterocycles. The standard InChI is InChI=1S/C9H14O2/c1-5-8(4)9(10)11-6-7(2)3/h5,8H,1-2,6H2,3-4H3. The van der Waals surface area contributed by atoms with E-state index < -0.39 is 0 Å². The third kappa shape index (κ3) is 4.37. The average Bonchev–Trinajstić information content (AvgIpc) is 1.98. The number of hydrogen-bond donors (Lipinski definition) is 0. The van der Waals surface area contributed by atoms with Crippen molar-refractivity contribution in [1.82, 2.24) is 0 Å². The average molecular weight is 154 g/mol. The first kappa shape index (κ1) is 9.95. The van der Waals surface area contributed by atoms with Gasteiger partial charge in [0.1, 0.15) is 6.61 Å². The molecule has 1 atom stereocenters. The topological polar surface area (TPSA) is 26.3 Å². The third-order valence-electron chi connectivity index (χ3n) is 1.19. The van der Waals surface area contributed by atoms with Crippen molar-refractivity contribution in [3.8, 4) is 0 Å². The summed E-state index contributed by atoms with van der Waals surface area (Å²) < 4.78 is 4.85. The second-order valence-corrected chi connectivity index (χ2v) is 2.59. The third-order valence-corrected chi connectivity index (χ3v) is 1.19. The van der Waals surface area contributed by atoms with Crippen molar-refractivity contribution in [3.05, 3.63) is 24.8 Å². The van der Waals surface area contributed by atoms with Gasteiger partial charge in [-0.05, 0) is 19.4 Å². The highest BCUT2D eigenvalue weighted by atomic mass is 16.5. The Hall–Kier alpha value is -1.05. The van der Waals surface area contributed by atoms with Crippen molar-refractivity contribution in [2.75, 3.05) is 6.61 Å². The molecule has 0 aromatic carbocycles. The lowest BCUT2D eigenvalue weighted by Crippen LogP contribution is -2.13. The fourth-order valence-corrected chi connectivity index (χ4v) is 0.422. The van der Waals surface area contributed by atoms with Gasteiger partial charge in [0.05, 0.1) is 5.92 Å². The Labute approximate surface area is 67.6 Å². The Balaban J connectivity index is 3.69. The number of esters is 1. The SMILES string of the molecule is C=CC(C)C(=O)OCC(=C)C. The van der Waals surface area contributed by atoms with Crippen molar-refractivity contribution in [1.29, 1.82) is 0 Å². The number of carbonyl (C=O) groups excluding carboxylic acids is 1. The fraction of sp³-hybridized carbons (Fsp3) is 0.444. The summed E-state index contributed by atoms with van der Waals surface area (Å²) in [5.74, 6) is -0.475. The minimum Gasteiger partial charge on any atom is -0.461 e. The monoisotopic (exact) mass is 154 g/mol. The van der Waals surface area contributed by atoms with Crippen LogP contribution >= 0.6 is 0 Å². The van der Waals surface area contributed by atoms with Crippen LogP contribution < -0.4 is 0 Å². The molecule has 1 unspecified atom stereocenters. The van der Waals surface area contributed by atoms with E-state index in [1.54, 1.807) is 13.0 Å². The fourth-order valence-electron chi connectivity index (χ4n) is 0.422. The van der Waals surface area contributed by atoms with E-state index in [1.165, 1.54) is 0 Å². The minimum absolute atomic E-state index is 0.227. The maximum atomic E-state index is 10.9. The van der Waals surface area contributed by atoms with Crippen molar-refractivity contribution in [3.63, 3.8) is 0 Å². The summed E-state index contributed by atoms with van der Waals surface area (Å²) in [4.78, 5) is 10.9. The molecule has 0 radical (unpaired) electrons. The molecule has 62 valence electrons. The molecule has 0 bridgehead atoms. The van der Waals surface area contributed by atoms with E-state index in [9.17, 15) is 4.79 Å². The van der Waals surface area contributed by atoms with Crippen molar-refractivity contribution in [2.24, 2.45) is 5.92 Å². The van der Waals surface area contributed by atoms with Gasteiger partial charge >= 0.3 is 5.97 Å². The predicted octanol–water partition coefficient (Wildman–Crippen LogP) is 1.93. The van der Waals surface area contributed by atoms with Crippen molar-refractivity contribution >= 4 is 5.97 Å². The van der Waals surface area contributed by atoms with Gasteiger partial charge in [-0.3, -0.25) is 4.79 Å². The van der Waals surface area contributed by atoms with Gasteiger partial charge in [0.2, 0.25) is 0 Å². The summed E-state index contributed by atoms with van der Waals surface area (Å²) >= 11 is 0. The maximum Gasteiger partial charge on any atom is 0.312 e. The molecule has 0 N–H and O–H groups in total. The van der Waals surface area contributed by atoms with Crippen molar-refractivity contribution in [2.45, 2.75) is 13.8 Å². The number of ether oxygens (including phenoxy) is 1. The van der Waals surface area contributed by atoms with Crippen LogP contribution in [0.1, 0.15) is 13.8 Å². The molecular weight excluding hydrogens is 140 g/mol. The molecule has 0 saturated heterocycles. The Morgan fingerprint density at radius 3 is 2.64 bits per heavy atom. The molecule has 11 heavy (non-hydrogen) atoms. The molecule has 0 amide bonds. The largest absolute Gasteiger partial charge is 0.461 e. The lowest BCUT2D eigenvalue weighted by atomic mass is 10.2. The van der Waals surface area contributed by atoms with E-state index in [0.29, 0.717) is 6.61 Å². The number of rotatable bonds is 4. The first-order valence-corrected chi connectivity index (χ1v) is 3.51. The number of hydrogen-bond acceptors (Lipinski definition) is 2. The zero-order chi connectivity index (χ0) is 8.85. The van der Waals surface area contributed by atoms with Gasteiger partial charge in [0.15, 0.2) is 0 Å². The van der Waals surface area contributed by atoms with Gasteiger partial charge in [-0.1, -0.05) is 12.7 Å². The highest BCUT2D eigenvalue weighted by Gasteiger charge is 2.08. The molecule has 0 aromatic rings. The van der Waals surface area contributed by atoms with Crippen LogP contribution in [0, 0.1) is 5.92 Å². The predicted molar refractivity (Wildman–Crippen MR) is 45.1 cm³/mol. The van der Waals surface area contributed by atoms with Gasteiger partial charge in [0, 0.05) is 0 Å². The normalized spacial score (nSPS) is 11.8. The van der Waals surface area contributed by atoms with Crippen molar-refractivity contribution < 1.29 is 9.53 Å². The van der Waals surface area contributed by atoms with Crippen LogP contribution in [0.3, 0.4) is 0 Å². The molecular formula is C9H14O2. The van der Waals surface area contributed by atoms with E-state index >= 15 is 0 Å². The summed E-state index contributed by atoms with van der Waals surface area (Å²) in [7, 11) is 0.